The SMILES string of the molecule is O=C1CCC(N2C(=O)c3ccc(CNC4C5NCCOC54)cc3C2=O)C(=O)N1. The Bertz CT molecular complexity index is 888. The van der Waals surface area contributed by atoms with Crippen LogP contribution in [0.2, 0.25) is 0 Å². The summed E-state index contributed by atoms with van der Waals surface area (Å²) in [6, 6.07) is 4.78. The largest absolute Gasteiger partial charge is 0.374 e. The number of nitrogens with zero attached hydrogens (tertiary/aromatic N) is 1. The van der Waals surface area contributed by atoms with Crippen LogP contribution in [-0.2, 0) is 20.9 Å². The summed E-state index contributed by atoms with van der Waals surface area (Å²) < 4.78 is 5.66. The van der Waals surface area contributed by atoms with Crippen LogP contribution < -0.4 is 16.0 Å². The second-order valence-corrected chi connectivity index (χ2v) is 7.55. The molecule has 2 saturated heterocycles. The molecule has 3 heterocycles. The first-order valence-corrected chi connectivity index (χ1v) is 9.47. The number of fused-ring (bicyclic) bond motifs is 2. The van der Waals surface area contributed by atoms with Gasteiger partial charge in [0.1, 0.15) is 6.04 Å². The van der Waals surface area contributed by atoms with E-state index >= 15 is 0 Å². The maximum absolute atomic E-state index is 12.8. The molecule has 9 nitrogen and oxygen atoms in total. The molecule has 0 spiro atoms. The highest BCUT2D eigenvalue weighted by atomic mass is 16.5. The second kappa shape index (κ2) is 6.47. The average Bonchev–Trinajstić information content (AvgIpc) is 3.34. The van der Waals surface area contributed by atoms with Gasteiger partial charge < -0.3 is 15.4 Å². The van der Waals surface area contributed by atoms with E-state index < -0.39 is 23.8 Å². The normalized spacial score (nSPS) is 31.5. The number of amides is 4. The van der Waals surface area contributed by atoms with Crippen molar-refractivity contribution < 1.29 is 23.9 Å². The van der Waals surface area contributed by atoms with Crippen LogP contribution in [0, 0.1) is 0 Å². The van der Waals surface area contributed by atoms with Crippen LogP contribution in [0.1, 0.15) is 39.1 Å². The van der Waals surface area contributed by atoms with Crippen molar-refractivity contribution in [1.82, 2.24) is 20.9 Å². The first kappa shape index (κ1) is 17.5. The first-order chi connectivity index (χ1) is 13.5. The zero-order chi connectivity index (χ0) is 19.4. The molecule has 0 bridgehead atoms. The third-order valence-corrected chi connectivity index (χ3v) is 5.79. The van der Waals surface area contributed by atoms with Gasteiger partial charge in [0.2, 0.25) is 11.8 Å². The minimum absolute atomic E-state index is 0.110. The number of imide groups is 2. The minimum atomic E-state index is -0.940. The Morgan fingerprint density at radius 3 is 2.71 bits per heavy atom. The molecular formula is C19H20N4O5. The van der Waals surface area contributed by atoms with Gasteiger partial charge in [-0.05, 0) is 24.1 Å². The maximum atomic E-state index is 12.8. The van der Waals surface area contributed by atoms with E-state index in [4.69, 9.17) is 4.74 Å². The number of hydrogen-bond acceptors (Lipinski definition) is 7. The van der Waals surface area contributed by atoms with Gasteiger partial charge in [-0.2, -0.15) is 0 Å². The Morgan fingerprint density at radius 2 is 1.96 bits per heavy atom. The predicted molar refractivity (Wildman–Crippen MR) is 95.3 cm³/mol. The molecule has 4 atom stereocenters. The molecule has 4 amide bonds. The van der Waals surface area contributed by atoms with E-state index in [0.29, 0.717) is 30.3 Å². The quantitative estimate of drug-likeness (QED) is 0.565. The zero-order valence-corrected chi connectivity index (χ0v) is 15.1. The number of hydrogen-bond donors (Lipinski definition) is 3. The van der Waals surface area contributed by atoms with E-state index in [9.17, 15) is 19.2 Å². The molecule has 3 aliphatic heterocycles. The van der Waals surface area contributed by atoms with Crippen LogP contribution in [0.5, 0.6) is 0 Å². The van der Waals surface area contributed by atoms with Crippen LogP contribution >= 0.6 is 0 Å². The van der Waals surface area contributed by atoms with Crippen LogP contribution in [0.25, 0.3) is 0 Å². The number of nitrogens with one attached hydrogen (secondary N) is 3. The van der Waals surface area contributed by atoms with E-state index in [0.717, 1.165) is 17.0 Å². The molecule has 4 aliphatic rings. The Balaban J connectivity index is 1.30. The maximum Gasteiger partial charge on any atom is 0.262 e. The Labute approximate surface area is 160 Å². The highest BCUT2D eigenvalue weighted by molar-refractivity contribution is 6.23. The predicted octanol–water partition coefficient (Wildman–Crippen LogP) is -1.08. The van der Waals surface area contributed by atoms with E-state index in [1.54, 1.807) is 12.1 Å². The van der Waals surface area contributed by atoms with Crippen LogP contribution in [0.15, 0.2) is 18.2 Å². The molecule has 1 aliphatic carbocycles. The molecule has 28 heavy (non-hydrogen) atoms. The van der Waals surface area contributed by atoms with Crippen LogP contribution in [0.4, 0.5) is 0 Å². The fraction of sp³-hybridized carbons (Fsp3) is 0.474. The number of morpholine rings is 1. The summed E-state index contributed by atoms with van der Waals surface area (Å²) >= 11 is 0. The lowest BCUT2D eigenvalue weighted by molar-refractivity contribution is -0.136. The lowest BCUT2D eigenvalue weighted by Crippen LogP contribution is -2.54. The molecule has 1 saturated carbocycles. The summed E-state index contributed by atoms with van der Waals surface area (Å²) in [7, 11) is 0. The monoisotopic (exact) mass is 384 g/mol. The van der Waals surface area contributed by atoms with Crippen molar-refractivity contribution in [2.24, 2.45) is 0 Å². The van der Waals surface area contributed by atoms with Gasteiger partial charge in [-0.1, -0.05) is 6.07 Å². The number of carbonyl (C=O) groups excluding carboxylic acids is 4. The standard InChI is InChI=1S/C19H20N4O5/c24-13-4-3-12(17(25)22-13)23-18(26)10-2-1-9(7-11(10)19(23)27)8-21-15-14-16(15)28-6-5-20-14/h1-2,7,12,14-16,20-21H,3-6,8H2,(H,22,24,25). The van der Waals surface area contributed by atoms with Gasteiger partial charge in [0.25, 0.3) is 11.8 Å². The molecule has 5 rings (SSSR count). The number of benzene rings is 1. The van der Waals surface area contributed by atoms with Gasteiger partial charge >= 0.3 is 0 Å². The average molecular weight is 384 g/mol. The summed E-state index contributed by atoms with van der Waals surface area (Å²) in [6.07, 6.45) is 0.454. The fourth-order valence-electron chi connectivity index (χ4n) is 4.26. The summed E-state index contributed by atoms with van der Waals surface area (Å²) in [5.74, 6) is -1.96. The molecule has 0 aromatic heterocycles. The molecular weight excluding hydrogens is 364 g/mol. The Morgan fingerprint density at radius 1 is 1.14 bits per heavy atom. The topological polar surface area (TPSA) is 117 Å². The van der Waals surface area contributed by atoms with Crippen molar-refractivity contribution in [2.45, 2.75) is 43.6 Å². The van der Waals surface area contributed by atoms with E-state index in [1.165, 1.54) is 0 Å². The smallest absolute Gasteiger partial charge is 0.262 e. The molecule has 4 unspecified atom stereocenters. The molecule has 1 aromatic rings. The van der Waals surface area contributed by atoms with Crippen LogP contribution in [-0.4, -0.2) is 65.9 Å². The summed E-state index contributed by atoms with van der Waals surface area (Å²) in [4.78, 5) is 50.0. The molecule has 9 heteroatoms. The van der Waals surface area contributed by atoms with E-state index in [2.05, 4.69) is 16.0 Å². The van der Waals surface area contributed by atoms with Gasteiger partial charge in [-0.3, -0.25) is 29.4 Å². The highest BCUT2D eigenvalue weighted by Gasteiger charge is 2.52. The van der Waals surface area contributed by atoms with E-state index in [-0.39, 0.29) is 30.9 Å². The molecule has 146 valence electrons. The van der Waals surface area contributed by atoms with Crippen molar-refractivity contribution in [3.05, 3.63) is 34.9 Å². The first-order valence-electron chi connectivity index (χ1n) is 9.47. The molecule has 1 aromatic carbocycles. The van der Waals surface area contributed by atoms with Crippen molar-refractivity contribution in [1.29, 1.82) is 0 Å². The summed E-state index contributed by atoms with van der Waals surface area (Å²) in [5.41, 5.74) is 1.48. The highest BCUT2D eigenvalue weighted by Crippen LogP contribution is 2.30. The number of rotatable bonds is 4. The Kier molecular flexibility index (Phi) is 4.04. The molecule has 3 N–H and O–H groups in total. The fourth-order valence-corrected chi connectivity index (χ4v) is 4.26. The van der Waals surface area contributed by atoms with Crippen molar-refractivity contribution in [3.8, 4) is 0 Å². The van der Waals surface area contributed by atoms with Gasteiger partial charge in [0, 0.05) is 19.5 Å². The van der Waals surface area contributed by atoms with Crippen molar-refractivity contribution in [3.63, 3.8) is 0 Å². The summed E-state index contributed by atoms with van der Waals surface area (Å²) in [5, 5.41) is 9.01. The second-order valence-electron chi connectivity index (χ2n) is 7.55. The third kappa shape index (κ3) is 2.74. The minimum Gasteiger partial charge on any atom is -0.374 e. The van der Waals surface area contributed by atoms with E-state index in [1.807, 2.05) is 6.07 Å². The zero-order valence-electron chi connectivity index (χ0n) is 15.1. The van der Waals surface area contributed by atoms with Gasteiger partial charge in [-0.15, -0.1) is 0 Å². The summed E-state index contributed by atoms with van der Waals surface area (Å²) in [6.45, 7) is 2.12. The third-order valence-electron chi connectivity index (χ3n) is 5.79. The van der Waals surface area contributed by atoms with Crippen molar-refractivity contribution in [2.75, 3.05) is 13.2 Å². The molecule has 0 radical (unpaired) electrons. The number of ether oxygens (including phenoxy) is 1. The van der Waals surface area contributed by atoms with Gasteiger partial charge in [-0.25, -0.2) is 0 Å². The lowest BCUT2D eigenvalue weighted by Gasteiger charge is -2.27. The Hall–Kier alpha value is -2.62. The van der Waals surface area contributed by atoms with Gasteiger partial charge in [0.15, 0.2) is 0 Å². The van der Waals surface area contributed by atoms with Gasteiger partial charge in [0.05, 0.1) is 35.9 Å². The number of carbonyl (C=O) groups is 4. The lowest BCUT2D eigenvalue weighted by atomic mass is 10.0. The van der Waals surface area contributed by atoms with Crippen LogP contribution in [0.3, 0.4) is 0 Å². The van der Waals surface area contributed by atoms with Crippen molar-refractivity contribution >= 4 is 23.6 Å². The number of piperidine rings is 1. The molecule has 3 fully saturated rings.